The van der Waals surface area contributed by atoms with Gasteiger partial charge in [0.05, 0.1) is 33.2 Å². The molecule has 3 heterocycles. The van der Waals surface area contributed by atoms with E-state index in [1.54, 1.807) is 4.52 Å². The lowest BCUT2D eigenvalue weighted by Crippen LogP contribution is -3.12. The first-order chi connectivity index (χ1) is 11.0. The van der Waals surface area contributed by atoms with E-state index >= 15 is 0 Å². The van der Waals surface area contributed by atoms with Crippen molar-refractivity contribution >= 4 is 11.7 Å². The second kappa shape index (κ2) is 6.59. The molecule has 0 spiro atoms. The molecular formula is C15H24N7O+. The van der Waals surface area contributed by atoms with Gasteiger partial charge in [0.25, 0.3) is 5.78 Å². The minimum absolute atomic E-state index is 0.0574. The summed E-state index contributed by atoms with van der Waals surface area (Å²) in [5, 5.41) is 6.20. The Hall–Kier alpha value is -2.06. The Labute approximate surface area is 135 Å². The number of carbonyl (C=O) groups excluding carboxylic acids is 1. The van der Waals surface area contributed by atoms with E-state index in [9.17, 15) is 4.79 Å². The molecule has 1 aliphatic heterocycles. The zero-order valence-electron chi connectivity index (χ0n) is 14.0. The molecule has 3 rings (SSSR count). The predicted molar refractivity (Wildman–Crippen MR) is 84.9 cm³/mol. The molecular weight excluding hydrogens is 294 g/mol. The van der Waals surface area contributed by atoms with Crippen LogP contribution in [0.4, 0.5) is 0 Å². The number of hydrazine groups is 1. The van der Waals surface area contributed by atoms with Crippen LogP contribution in [0.1, 0.15) is 23.4 Å². The first-order valence-corrected chi connectivity index (χ1v) is 8.06. The number of hydrogen-bond acceptors (Lipinski definition) is 5. The lowest BCUT2D eigenvalue weighted by Gasteiger charge is -2.30. The summed E-state index contributed by atoms with van der Waals surface area (Å²) in [5.41, 5.74) is 5.99. The summed E-state index contributed by atoms with van der Waals surface area (Å²) < 4.78 is 1.73. The number of carbonyl (C=O) groups is 1. The van der Waals surface area contributed by atoms with Crippen molar-refractivity contribution in [2.75, 3.05) is 33.2 Å². The van der Waals surface area contributed by atoms with E-state index in [0.717, 1.165) is 43.1 Å². The average molecular weight is 318 g/mol. The summed E-state index contributed by atoms with van der Waals surface area (Å²) in [5.74, 6) is 0.662. The van der Waals surface area contributed by atoms with Gasteiger partial charge in [0.15, 0.2) is 0 Å². The Balaban J connectivity index is 1.60. The highest BCUT2D eigenvalue weighted by Crippen LogP contribution is 2.14. The SMILES string of the molecule is Cc1nc2ncnn2c(C)c1CCC(=O)NN1CC[NH+](C)CC1. The van der Waals surface area contributed by atoms with E-state index in [4.69, 9.17) is 0 Å². The molecule has 2 N–H and O–H groups in total. The number of quaternary nitrogens is 1. The Morgan fingerprint density at radius 1 is 1.35 bits per heavy atom. The third kappa shape index (κ3) is 3.48. The maximum absolute atomic E-state index is 12.2. The quantitative estimate of drug-likeness (QED) is 0.720. The molecule has 0 bridgehead atoms. The van der Waals surface area contributed by atoms with Crippen LogP contribution < -0.4 is 10.3 Å². The molecule has 0 unspecified atom stereocenters. The minimum Gasteiger partial charge on any atom is -0.335 e. The average Bonchev–Trinajstić information content (AvgIpc) is 2.98. The number of piperazine rings is 1. The van der Waals surface area contributed by atoms with Crippen LogP contribution in [0, 0.1) is 13.8 Å². The van der Waals surface area contributed by atoms with Gasteiger partial charge in [-0.25, -0.2) is 14.5 Å². The van der Waals surface area contributed by atoms with Gasteiger partial charge in [0, 0.05) is 17.8 Å². The van der Waals surface area contributed by atoms with Crippen molar-refractivity contribution in [1.29, 1.82) is 0 Å². The van der Waals surface area contributed by atoms with Gasteiger partial charge in [-0.05, 0) is 25.8 Å². The van der Waals surface area contributed by atoms with E-state index in [1.807, 2.05) is 18.9 Å². The zero-order chi connectivity index (χ0) is 16.4. The fraction of sp³-hybridized carbons (Fsp3) is 0.600. The van der Waals surface area contributed by atoms with Crippen LogP contribution in [0.5, 0.6) is 0 Å². The Morgan fingerprint density at radius 2 is 2.09 bits per heavy atom. The van der Waals surface area contributed by atoms with Crippen LogP contribution in [-0.4, -0.2) is 63.7 Å². The van der Waals surface area contributed by atoms with Crippen LogP contribution in [0.15, 0.2) is 6.33 Å². The lowest BCUT2D eigenvalue weighted by molar-refractivity contribution is -0.884. The van der Waals surface area contributed by atoms with Crippen LogP contribution >= 0.6 is 0 Å². The number of amides is 1. The maximum atomic E-state index is 12.2. The van der Waals surface area contributed by atoms with Crippen molar-refractivity contribution in [2.24, 2.45) is 0 Å². The summed E-state index contributed by atoms with van der Waals surface area (Å²) in [6, 6.07) is 0. The van der Waals surface area contributed by atoms with Gasteiger partial charge >= 0.3 is 0 Å². The molecule has 1 amide bonds. The van der Waals surface area contributed by atoms with E-state index in [2.05, 4.69) is 27.5 Å². The van der Waals surface area contributed by atoms with Gasteiger partial charge in [-0.3, -0.25) is 10.2 Å². The van der Waals surface area contributed by atoms with Gasteiger partial charge in [-0.2, -0.15) is 10.1 Å². The van der Waals surface area contributed by atoms with Gasteiger partial charge in [-0.15, -0.1) is 0 Å². The standard InChI is InChI=1S/C15H23N7O/c1-11-13(12(2)22-15(18-11)16-10-17-22)4-5-14(23)19-21-8-6-20(3)7-9-21/h10H,4-9H2,1-3H3,(H,19,23)/p+1. The van der Waals surface area contributed by atoms with E-state index in [-0.39, 0.29) is 5.91 Å². The second-order valence-electron chi connectivity index (χ2n) is 6.21. The smallest absolute Gasteiger partial charge is 0.252 e. The summed E-state index contributed by atoms with van der Waals surface area (Å²) >= 11 is 0. The predicted octanol–water partition coefficient (Wildman–Crippen LogP) is -1.46. The first-order valence-electron chi connectivity index (χ1n) is 8.06. The van der Waals surface area contributed by atoms with Crippen LogP contribution in [0.2, 0.25) is 0 Å². The molecule has 8 nitrogen and oxygen atoms in total. The fourth-order valence-electron chi connectivity index (χ4n) is 2.99. The molecule has 1 aliphatic rings. The van der Waals surface area contributed by atoms with E-state index < -0.39 is 0 Å². The highest BCUT2D eigenvalue weighted by Gasteiger charge is 2.18. The van der Waals surface area contributed by atoms with Gasteiger partial charge in [0.1, 0.15) is 6.33 Å². The molecule has 8 heteroatoms. The molecule has 0 saturated carbocycles. The molecule has 0 aromatic carbocycles. The maximum Gasteiger partial charge on any atom is 0.252 e. The van der Waals surface area contributed by atoms with Crippen molar-refractivity contribution in [3.05, 3.63) is 23.3 Å². The lowest BCUT2D eigenvalue weighted by atomic mass is 10.1. The van der Waals surface area contributed by atoms with Crippen molar-refractivity contribution in [1.82, 2.24) is 30.0 Å². The Bertz CT molecular complexity index is 703. The monoisotopic (exact) mass is 318 g/mol. The second-order valence-corrected chi connectivity index (χ2v) is 6.21. The number of aryl methyl sites for hydroxylation is 2. The highest BCUT2D eigenvalue weighted by molar-refractivity contribution is 5.75. The number of nitrogens with zero attached hydrogens (tertiary/aromatic N) is 5. The molecule has 1 fully saturated rings. The minimum atomic E-state index is 0.0574. The van der Waals surface area contributed by atoms with E-state index in [0.29, 0.717) is 18.6 Å². The van der Waals surface area contributed by atoms with Crippen molar-refractivity contribution < 1.29 is 9.69 Å². The van der Waals surface area contributed by atoms with Crippen LogP contribution in [0.3, 0.4) is 0 Å². The number of likely N-dealkylation sites (N-methyl/N-ethyl adjacent to an activating group) is 1. The number of aromatic nitrogens is 4. The number of rotatable bonds is 4. The van der Waals surface area contributed by atoms with Crippen molar-refractivity contribution in [2.45, 2.75) is 26.7 Å². The van der Waals surface area contributed by atoms with Crippen molar-refractivity contribution in [3.63, 3.8) is 0 Å². The number of fused-ring (bicyclic) bond motifs is 1. The summed E-state index contributed by atoms with van der Waals surface area (Å²) in [6.45, 7) is 7.88. The van der Waals surface area contributed by atoms with Gasteiger partial charge in [0.2, 0.25) is 5.91 Å². The number of hydrogen-bond donors (Lipinski definition) is 2. The van der Waals surface area contributed by atoms with Crippen LogP contribution in [-0.2, 0) is 11.2 Å². The van der Waals surface area contributed by atoms with Gasteiger partial charge < -0.3 is 4.90 Å². The molecule has 0 atom stereocenters. The Kier molecular flexibility index (Phi) is 4.53. The van der Waals surface area contributed by atoms with Gasteiger partial charge in [-0.1, -0.05) is 0 Å². The molecule has 0 aliphatic carbocycles. The molecule has 124 valence electrons. The molecule has 2 aromatic rings. The number of nitrogens with one attached hydrogen (secondary N) is 2. The molecule has 2 aromatic heterocycles. The largest absolute Gasteiger partial charge is 0.335 e. The van der Waals surface area contributed by atoms with E-state index in [1.165, 1.54) is 11.2 Å². The molecule has 23 heavy (non-hydrogen) atoms. The molecule has 0 radical (unpaired) electrons. The zero-order valence-corrected chi connectivity index (χ0v) is 14.0. The third-order valence-corrected chi connectivity index (χ3v) is 4.49. The van der Waals surface area contributed by atoms with Crippen molar-refractivity contribution in [3.8, 4) is 0 Å². The van der Waals surface area contributed by atoms with Crippen LogP contribution in [0.25, 0.3) is 5.78 Å². The summed E-state index contributed by atoms with van der Waals surface area (Å²) in [4.78, 5) is 22.3. The summed E-state index contributed by atoms with van der Waals surface area (Å²) in [7, 11) is 2.18. The third-order valence-electron chi connectivity index (χ3n) is 4.49. The fourth-order valence-corrected chi connectivity index (χ4v) is 2.99. The Morgan fingerprint density at radius 3 is 2.83 bits per heavy atom. The molecule has 1 saturated heterocycles. The first kappa shape index (κ1) is 15.8. The highest BCUT2D eigenvalue weighted by atomic mass is 16.2. The topological polar surface area (TPSA) is 79.9 Å². The normalized spacial score (nSPS) is 16.8. The summed E-state index contributed by atoms with van der Waals surface area (Å²) in [6.07, 6.45) is 2.61.